The Hall–Kier alpha value is -0.850. The lowest BCUT2D eigenvalue weighted by molar-refractivity contribution is 0.261. The summed E-state index contributed by atoms with van der Waals surface area (Å²) in [4.78, 5) is 0.436. The van der Waals surface area contributed by atoms with Gasteiger partial charge in [-0.15, -0.1) is 0 Å². The summed E-state index contributed by atoms with van der Waals surface area (Å²) in [7, 11) is -1.48. The van der Waals surface area contributed by atoms with E-state index in [-0.39, 0.29) is 0 Å². The first-order chi connectivity index (χ1) is 10.0. The number of piperidine rings is 1. The van der Waals surface area contributed by atoms with Crippen molar-refractivity contribution in [1.29, 1.82) is 0 Å². The Labute approximate surface area is 128 Å². The van der Waals surface area contributed by atoms with Gasteiger partial charge in [0.1, 0.15) is 4.90 Å². The number of aromatic nitrogens is 1. The average Bonchev–Trinajstić information content (AvgIpc) is 2.91. The number of hydrogen-bond acceptors (Lipinski definition) is 3. The molecule has 0 spiro atoms. The van der Waals surface area contributed by atoms with Gasteiger partial charge in [-0.05, 0) is 38.8 Å². The molecule has 120 valence electrons. The van der Waals surface area contributed by atoms with Crippen molar-refractivity contribution in [2.45, 2.75) is 51.1 Å². The molecule has 1 aliphatic heterocycles. The summed E-state index contributed by atoms with van der Waals surface area (Å²) in [6.45, 7) is 6.95. The van der Waals surface area contributed by atoms with Crippen LogP contribution in [0.5, 0.6) is 0 Å². The predicted octanol–water partition coefficient (Wildman–Crippen LogP) is 2.04. The van der Waals surface area contributed by atoms with Gasteiger partial charge in [0.2, 0.25) is 10.0 Å². The highest BCUT2D eigenvalue weighted by molar-refractivity contribution is 7.89. The van der Waals surface area contributed by atoms with Gasteiger partial charge in [-0.1, -0.05) is 13.3 Å². The summed E-state index contributed by atoms with van der Waals surface area (Å²) in [5, 5.41) is 3.09. The minimum absolute atomic E-state index is 0.436. The summed E-state index contributed by atoms with van der Waals surface area (Å²) in [5.41, 5.74) is 1.02. The minimum Gasteiger partial charge on any atom is -0.349 e. The zero-order chi connectivity index (χ0) is 15.5. The predicted molar refractivity (Wildman–Crippen MR) is 84.6 cm³/mol. The second-order valence-corrected chi connectivity index (χ2v) is 7.70. The summed E-state index contributed by atoms with van der Waals surface area (Å²) in [6, 6.07) is 1.81. The summed E-state index contributed by atoms with van der Waals surface area (Å²) in [5.74, 6) is 0.499. The molecule has 1 atom stereocenters. The molecule has 1 aromatic heterocycles. The Morgan fingerprint density at radius 2 is 2.14 bits per heavy atom. The second-order valence-electron chi connectivity index (χ2n) is 5.76. The monoisotopic (exact) mass is 313 g/mol. The fourth-order valence-corrected chi connectivity index (χ4v) is 4.64. The Morgan fingerprint density at radius 1 is 1.38 bits per heavy atom. The lowest BCUT2D eigenvalue weighted by Gasteiger charge is -2.31. The highest BCUT2D eigenvalue weighted by atomic mass is 32.2. The van der Waals surface area contributed by atoms with Crippen molar-refractivity contribution < 1.29 is 8.42 Å². The van der Waals surface area contributed by atoms with Crippen molar-refractivity contribution >= 4 is 10.0 Å². The quantitative estimate of drug-likeness (QED) is 0.874. The zero-order valence-electron chi connectivity index (χ0n) is 13.3. The van der Waals surface area contributed by atoms with E-state index in [1.807, 2.05) is 24.6 Å². The van der Waals surface area contributed by atoms with Gasteiger partial charge in [0.05, 0.1) is 0 Å². The molecule has 21 heavy (non-hydrogen) atoms. The minimum atomic E-state index is -3.35. The summed E-state index contributed by atoms with van der Waals surface area (Å²) < 4.78 is 29.3. The van der Waals surface area contributed by atoms with Crippen LogP contribution >= 0.6 is 0 Å². The van der Waals surface area contributed by atoms with Crippen LogP contribution in [-0.4, -0.2) is 37.4 Å². The lowest BCUT2D eigenvalue weighted by Crippen LogP contribution is -2.39. The van der Waals surface area contributed by atoms with Gasteiger partial charge in [-0.3, -0.25) is 0 Å². The van der Waals surface area contributed by atoms with Gasteiger partial charge < -0.3 is 9.88 Å². The SMILES string of the molecule is CCC1CCCN(S(=O)(=O)c2cc(CNC)n(CC)c2)C1. The number of nitrogens with one attached hydrogen (secondary N) is 1. The number of aryl methyl sites for hydroxylation is 1. The number of nitrogens with zero attached hydrogens (tertiary/aromatic N) is 2. The van der Waals surface area contributed by atoms with E-state index in [1.54, 1.807) is 10.5 Å². The van der Waals surface area contributed by atoms with Gasteiger partial charge in [-0.2, -0.15) is 4.31 Å². The first-order valence-electron chi connectivity index (χ1n) is 7.86. The van der Waals surface area contributed by atoms with Gasteiger partial charge in [0.15, 0.2) is 0 Å². The second kappa shape index (κ2) is 6.94. The van der Waals surface area contributed by atoms with E-state index >= 15 is 0 Å². The zero-order valence-corrected chi connectivity index (χ0v) is 14.1. The maximum atomic E-state index is 12.8. The van der Waals surface area contributed by atoms with Crippen LogP contribution in [0.3, 0.4) is 0 Å². The molecule has 1 saturated heterocycles. The maximum Gasteiger partial charge on any atom is 0.244 e. The van der Waals surface area contributed by atoms with Crippen molar-refractivity contribution in [2.24, 2.45) is 5.92 Å². The van der Waals surface area contributed by atoms with E-state index in [4.69, 9.17) is 0 Å². The molecular weight excluding hydrogens is 286 g/mol. The molecule has 1 fully saturated rings. The van der Waals surface area contributed by atoms with Crippen LogP contribution in [0.2, 0.25) is 0 Å². The van der Waals surface area contributed by atoms with Crippen LogP contribution in [0.25, 0.3) is 0 Å². The highest BCUT2D eigenvalue weighted by Crippen LogP contribution is 2.26. The van der Waals surface area contributed by atoms with E-state index in [9.17, 15) is 8.42 Å². The van der Waals surface area contributed by atoms with Crippen LogP contribution < -0.4 is 5.32 Å². The molecule has 0 amide bonds. The molecule has 0 saturated carbocycles. The highest BCUT2D eigenvalue weighted by Gasteiger charge is 2.30. The number of sulfonamides is 1. The number of hydrogen-bond donors (Lipinski definition) is 1. The van der Waals surface area contributed by atoms with E-state index in [0.717, 1.165) is 31.5 Å². The van der Waals surface area contributed by atoms with Crippen molar-refractivity contribution in [2.75, 3.05) is 20.1 Å². The van der Waals surface area contributed by atoms with Gasteiger partial charge in [0, 0.05) is 38.1 Å². The normalized spacial score (nSPS) is 20.8. The van der Waals surface area contributed by atoms with E-state index < -0.39 is 10.0 Å². The molecule has 0 aliphatic carbocycles. The molecule has 1 aliphatic rings. The maximum absolute atomic E-state index is 12.8. The average molecular weight is 313 g/mol. The Balaban J connectivity index is 2.26. The van der Waals surface area contributed by atoms with E-state index in [1.165, 1.54) is 0 Å². The summed E-state index contributed by atoms with van der Waals surface area (Å²) >= 11 is 0. The molecule has 2 rings (SSSR count). The fourth-order valence-electron chi connectivity index (χ4n) is 3.02. The summed E-state index contributed by atoms with van der Waals surface area (Å²) in [6.07, 6.45) is 4.93. The fraction of sp³-hybridized carbons (Fsp3) is 0.733. The Kier molecular flexibility index (Phi) is 5.46. The standard InChI is InChI=1S/C15H27N3O2S/c1-4-13-7-6-8-18(11-13)21(19,20)15-9-14(10-16-3)17(5-2)12-15/h9,12-13,16H,4-8,10-11H2,1-3H3. The van der Waals surface area contributed by atoms with Gasteiger partial charge >= 0.3 is 0 Å². The van der Waals surface area contributed by atoms with Crippen LogP contribution in [0.15, 0.2) is 17.2 Å². The van der Waals surface area contributed by atoms with Crippen LogP contribution in [0.4, 0.5) is 0 Å². The van der Waals surface area contributed by atoms with E-state index in [0.29, 0.717) is 30.4 Å². The van der Waals surface area contributed by atoms with Gasteiger partial charge in [0.25, 0.3) is 0 Å². The van der Waals surface area contributed by atoms with Crippen LogP contribution in [-0.2, 0) is 23.1 Å². The molecule has 1 aromatic rings. The molecule has 2 heterocycles. The molecule has 6 heteroatoms. The van der Waals surface area contributed by atoms with Crippen molar-refractivity contribution in [3.8, 4) is 0 Å². The Bertz CT molecular complexity index is 565. The molecule has 5 nitrogen and oxygen atoms in total. The van der Waals surface area contributed by atoms with Crippen molar-refractivity contribution in [3.05, 3.63) is 18.0 Å². The molecule has 0 aromatic carbocycles. The molecule has 1 unspecified atom stereocenters. The molecular formula is C15H27N3O2S. The topological polar surface area (TPSA) is 54.3 Å². The smallest absolute Gasteiger partial charge is 0.244 e. The molecule has 0 radical (unpaired) electrons. The largest absolute Gasteiger partial charge is 0.349 e. The van der Waals surface area contributed by atoms with E-state index in [2.05, 4.69) is 12.2 Å². The molecule has 0 bridgehead atoms. The van der Waals surface area contributed by atoms with Crippen molar-refractivity contribution in [1.82, 2.24) is 14.2 Å². The first-order valence-corrected chi connectivity index (χ1v) is 9.30. The molecule has 1 N–H and O–H groups in total. The van der Waals surface area contributed by atoms with Crippen LogP contribution in [0.1, 0.15) is 38.8 Å². The third kappa shape index (κ3) is 3.49. The Morgan fingerprint density at radius 3 is 2.76 bits per heavy atom. The third-order valence-electron chi connectivity index (χ3n) is 4.36. The third-order valence-corrected chi connectivity index (χ3v) is 6.19. The van der Waals surface area contributed by atoms with Gasteiger partial charge in [-0.25, -0.2) is 8.42 Å². The van der Waals surface area contributed by atoms with Crippen LogP contribution in [0, 0.1) is 5.92 Å². The number of rotatable bonds is 6. The lowest BCUT2D eigenvalue weighted by atomic mass is 9.97. The van der Waals surface area contributed by atoms with Crippen molar-refractivity contribution in [3.63, 3.8) is 0 Å². The first kappa shape index (κ1) is 16.5.